The van der Waals surface area contributed by atoms with Crippen molar-refractivity contribution in [2.75, 3.05) is 0 Å². The van der Waals surface area contributed by atoms with Crippen LogP contribution in [-0.4, -0.2) is 20.9 Å². The van der Waals surface area contributed by atoms with E-state index in [-0.39, 0.29) is 23.7 Å². The molecule has 0 atom stereocenters. The summed E-state index contributed by atoms with van der Waals surface area (Å²) in [6.07, 6.45) is 1.44. The topological polar surface area (TPSA) is 72.2 Å². The van der Waals surface area contributed by atoms with Gasteiger partial charge in [0.15, 0.2) is 23.3 Å². The highest BCUT2D eigenvalue weighted by molar-refractivity contribution is 5.86. The van der Waals surface area contributed by atoms with Crippen LogP contribution in [0.1, 0.15) is 11.3 Å². The van der Waals surface area contributed by atoms with Crippen LogP contribution in [0.4, 0.5) is 17.6 Å². The zero-order valence-corrected chi connectivity index (χ0v) is 14.1. The summed E-state index contributed by atoms with van der Waals surface area (Å²) in [5.74, 6) is -7.40. The Balaban J connectivity index is 2.02. The molecule has 0 aliphatic heterocycles. The van der Waals surface area contributed by atoms with Crippen LogP contribution in [0.2, 0.25) is 0 Å². The highest BCUT2D eigenvalue weighted by Crippen LogP contribution is 2.20. The lowest BCUT2D eigenvalue weighted by Crippen LogP contribution is -2.25. The summed E-state index contributed by atoms with van der Waals surface area (Å²) in [5.41, 5.74) is -1.36. The highest BCUT2D eigenvalue weighted by Gasteiger charge is 2.17. The number of hydrogen-bond donors (Lipinski definition) is 1. The molecule has 3 aromatic rings. The van der Waals surface area contributed by atoms with Crippen molar-refractivity contribution in [2.24, 2.45) is 0 Å². The second kappa shape index (κ2) is 7.63. The molecule has 1 N–H and O–H groups in total. The number of aliphatic carboxylic acids is 1. The second-order valence-corrected chi connectivity index (χ2v) is 5.83. The predicted molar refractivity (Wildman–Crippen MR) is 92.7 cm³/mol. The van der Waals surface area contributed by atoms with E-state index in [0.29, 0.717) is 5.39 Å². The minimum Gasteiger partial charge on any atom is -0.481 e. The van der Waals surface area contributed by atoms with Crippen LogP contribution in [0, 0.1) is 23.3 Å². The Kier molecular flexibility index (Phi) is 5.25. The maximum absolute atomic E-state index is 13.7. The van der Waals surface area contributed by atoms with Gasteiger partial charge in [0, 0.05) is 11.5 Å². The van der Waals surface area contributed by atoms with Crippen molar-refractivity contribution in [2.45, 2.75) is 13.0 Å². The third-order valence-electron chi connectivity index (χ3n) is 3.97. The molecule has 0 fully saturated rings. The van der Waals surface area contributed by atoms with Crippen molar-refractivity contribution < 1.29 is 27.5 Å². The van der Waals surface area contributed by atoms with Gasteiger partial charge in [0.2, 0.25) is 0 Å². The average molecular weight is 392 g/mol. The first kappa shape index (κ1) is 19.3. The summed E-state index contributed by atoms with van der Waals surface area (Å²) >= 11 is 0. The Labute approximate surface area is 155 Å². The van der Waals surface area contributed by atoms with Gasteiger partial charge in [0.1, 0.15) is 0 Å². The number of fused-ring (bicyclic) bond motifs is 1. The van der Waals surface area contributed by atoms with E-state index in [1.54, 1.807) is 18.2 Å². The number of carboxylic acids is 1. The molecule has 5 nitrogen and oxygen atoms in total. The fourth-order valence-corrected chi connectivity index (χ4v) is 2.71. The van der Waals surface area contributed by atoms with E-state index in [0.717, 1.165) is 16.8 Å². The molecule has 3 rings (SSSR count). The first-order chi connectivity index (χ1) is 13.3. The predicted octanol–water partition coefficient (Wildman–Crippen LogP) is 3.29. The van der Waals surface area contributed by atoms with Crippen molar-refractivity contribution in [3.05, 3.63) is 81.3 Å². The Bertz CT molecular complexity index is 1150. The molecule has 1 aromatic heterocycles. The van der Waals surface area contributed by atoms with Gasteiger partial charge < -0.3 is 5.11 Å². The van der Waals surface area contributed by atoms with Gasteiger partial charge in [-0.3, -0.25) is 9.59 Å². The van der Waals surface area contributed by atoms with Gasteiger partial charge in [-0.05, 0) is 6.07 Å². The minimum atomic E-state index is -1.57. The second-order valence-electron chi connectivity index (χ2n) is 5.83. The lowest BCUT2D eigenvalue weighted by molar-refractivity contribution is -0.136. The van der Waals surface area contributed by atoms with Crippen LogP contribution in [0.25, 0.3) is 16.8 Å². The van der Waals surface area contributed by atoms with E-state index in [9.17, 15) is 27.2 Å². The van der Waals surface area contributed by atoms with Crippen LogP contribution in [0.5, 0.6) is 0 Å². The standard InChI is InChI=1S/C19H12F4N2O3/c20-13-8-14(21)18(23)12(17(13)22)6-3-7-25-19(28)11-5-2-1-4-10(11)15(24-25)9-16(26)27/h1-6,8H,7,9H2,(H,26,27)/b6-3+. The summed E-state index contributed by atoms with van der Waals surface area (Å²) in [7, 11) is 0. The number of carbonyl (C=O) groups is 1. The summed E-state index contributed by atoms with van der Waals surface area (Å²) in [6, 6.07) is 6.36. The zero-order valence-electron chi connectivity index (χ0n) is 14.1. The first-order valence-electron chi connectivity index (χ1n) is 7.99. The molecular weight excluding hydrogens is 380 g/mol. The monoisotopic (exact) mass is 392 g/mol. The number of allylic oxidation sites excluding steroid dienone is 1. The van der Waals surface area contributed by atoms with Crippen LogP contribution in [0.15, 0.2) is 41.2 Å². The fourth-order valence-electron chi connectivity index (χ4n) is 2.71. The summed E-state index contributed by atoms with van der Waals surface area (Å²) in [6.45, 7) is -0.298. The molecule has 28 heavy (non-hydrogen) atoms. The van der Waals surface area contributed by atoms with Crippen molar-refractivity contribution in [3.63, 3.8) is 0 Å². The number of nitrogens with zero attached hydrogens (tertiary/aromatic N) is 2. The molecule has 0 amide bonds. The molecule has 2 aromatic carbocycles. The normalized spacial score (nSPS) is 11.4. The molecule has 0 spiro atoms. The van der Waals surface area contributed by atoms with Gasteiger partial charge in [-0.1, -0.05) is 30.4 Å². The molecule has 0 bridgehead atoms. The zero-order chi connectivity index (χ0) is 20.4. The largest absolute Gasteiger partial charge is 0.481 e. The van der Waals surface area contributed by atoms with Gasteiger partial charge in [-0.15, -0.1) is 0 Å². The molecule has 0 saturated heterocycles. The van der Waals surface area contributed by atoms with Crippen molar-refractivity contribution in [1.82, 2.24) is 9.78 Å². The quantitative estimate of drug-likeness (QED) is 0.534. The van der Waals surface area contributed by atoms with Gasteiger partial charge >= 0.3 is 5.97 Å². The highest BCUT2D eigenvalue weighted by atomic mass is 19.2. The number of hydrogen-bond acceptors (Lipinski definition) is 3. The summed E-state index contributed by atoms with van der Waals surface area (Å²) < 4.78 is 54.8. The van der Waals surface area contributed by atoms with Gasteiger partial charge in [0.25, 0.3) is 5.56 Å². The Morgan fingerprint density at radius 3 is 2.29 bits per heavy atom. The maximum Gasteiger partial charge on any atom is 0.309 e. The molecule has 1 heterocycles. The Morgan fingerprint density at radius 1 is 1.07 bits per heavy atom. The third kappa shape index (κ3) is 3.64. The van der Waals surface area contributed by atoms with E-state index in [4.69, 9.17) is 5.11 Å². The maximum atomic E-state index is 13.7. The minimum absolute atomic E-state index is 0.0928. The molecule has 0 saturated carbocycles. The molecule has 9 heteroatoms. The SMILES string of the molecule is O=C(O)Cc1nn(C/C=C/c2c(F)c(F)cc(F)c2F)c(=O)c2ccccc12. The summed E-state index contributed by atoms with van der Waals surface area (Å²) in [4.78, 5) is 23.6. The number of benzene rings is 2. The first-order valence-corrected chi connectivity index (χ1v) is 7.99. The number of halogens is 4. The van der Waals surface area contributed by atoms with E-state index >= 15 is 0 Å². The van der Waals surface area contributed by atoms with Crippen LogP contribution in [0.3, 0.4) is 0 Å². The fraction of sp³-hybridized carbons (Fsp3) is 0.105. The van der Waals surface area contributed by atoms with Crippen molar-refractivity contribution in [1.29, 1.82) is 0 Å². The number of aromatic nitrogens is 2. The Hall–Kier alpha value is -3.49. The lowest BCUT2D eigenvalue weighted by Gasteiger charge is -2.08. The lowest BCUT2D eigenvalue weighted by atomic mass is 10.1. The van der Waals surface area contributed by atoms with Crippen LogP contribution in [-0.2, 0) is 17.8 Å². The molecule has 0 unspecified atom stereocenters. The molecule has 0 aliphatic rings. The smallest absolute Gasteiger partial charge is 0.309 e. The molecular formula is C19H12F4N2O3. The average Bonchev–Trinajstić information content (AvgIpc) is 2.66. The Morgan fingerprint density at radius 2 is 1.68 bits per heavy atom. The van der Waals surface area contributed by atoms with Crippen LogP contribution < -0.4 is 5.56 Å². The molecule has 0 radical (unpaired) electrons. The number of rotatable bonds is 5. The van der Waals surface area contributed by atoms with E-state index in [1.165, 1.54) is 6.07 Å². The van der Waals surface area contributed by atoms with E-state index < -0.39 is 46.8 Å². The molecule has 0 aliphatic carbocycles. The van der Waals surface area contributed by atoms with Crippen LogP contribution >= 0.6 is 0 Å². The van der Waals surface area contributed by atoms with Gasteiger partial charge in [0.05, 0.1) is 29.6 Å². The van der Waals surface area contributed by atoms with E-state index in [2.05, 4.69) is 5.10 Å². The summed E-state index contributed by atoms with van der Waals surface area (Å²) in [5, 5.41) is 13.6. The molecule has 144 valence electrons. The van der Waals surface area contributed by atoms with Gasteiger partial charge in [-0.2, -0.15) is 5.10 Å². The van der Waals surface area contributed by atoms with Gasteiger partial charge in [-0.25, -0.2) is 22.2 Å². The van der Waals surface area contributed by atoms with Crippen molar-refractivity contribution in [3.8, 4) is 0 Å². The third-order valence-corrected chi connectivity index (χ3v) is 3.97. The number of carboxylic acid groups (broad SMARTS) is 1. The van der Waals surface area contributed by atoms with Crippen molar-refractivity contribution >= 4 is 22.8 Å². The van der Waals surface area contributed by atoms with E-state index in [1.807, 2.05) is 0 Å².